The molecule has 36 heavy (non-hydrogen) atoms. The molecule has 1 aliphatic heterocycles. The zero-order valence-electron chi connectivity index (χ0n) is 19.2. The lowest BCUT2D eigenvalue weighted by Crippen LogP contribution is -2.53. The van der Waals surface area contributed by atoms with Gasteiger partial charge >= 0.3 is 0 Å². The SMILES string of the molecule is Cc1ccc(Oc2c(F)cc(SN3CCN(SCc4cc(Cl)cc(Cl)c4)C[C@@H]3C(N)=O)cc2F)cc1. The number of aryl methyl sites for hydroxylation is 1. The summed E-state index contributed by atoms with van der Waals surface area (Å²) in [7, 11) is 0. The van der Waals surface area contributed by atoms with Crippen LogP contribution in [0.25, 0.3) is 0 Å². The standard InChI is InChI=1S/C25H23Cl2F2N3O2S2/c1-15-2-4-19(5-3-15)34-24-21(28)11-20(12-22(24)29)36-32-7-6-31(13-23(32)25(30)33)35-14-16-8-17(26)10-18(27)9-16/h2-5,8-12,23H,6-7,13-14H2,1H3,(H2,30,33)/t23-/m1/s1. The summed E-state index contributed by atoms with van der Waals surface area (Å²) in [6.07, 6.45) is 0. The van der Waals surface area contributed by atoms with Gasteiger partial charge in [0, 0.05) is 40.3 Å². The number of nitrogens with zero attached hydrogens (tertiary/aromatic N) is 2. The number of nitrogens with two attached hydrogens (primary N) is 1. The number of halogens is 4. The zero-order chi connectivity index (χ0) is 25.8. The van der Waals surface area contributed by atoms with Crippen molar-refractivity contribution in [1.82, 2.24) is 8.61 Å². The Kier molecular flexibility index (Phi) is 9.03. The van der Waals surface area contributed by atoms with Crippen LogP contribution in [0, 0.1) is 18.6 Å². The number of primary amides is 1. The number of benzene rings is 3. The van der Waals surface area contributed by atoms with Gasteiger partial charge in [0.15, 0.2) is 17.4 Å². The van der Waals surface area contributed by atoms with E-state index in [1.807, 2.05) is 23.4 Å². The van der Waals surface area contributed by atoms with Crippen molar-refractivity contribution >= 4 is 53.0 Å². The quantitative estimate of drug-likeness (QED) is 0.304. The van der Waals surface area contributed by atoms with Gasteiger partial charge in [-0.1, -0.05) is 52.8 Å². The molecule has 1 heterocycles. The summed E-state index contributed by atoms with van der Waals surface area (Å²) in [4.78, 5) is 12.5. The number of hydrogen-bond acceptors (Lipinski definition) is 6. The topological polar surface area (TPSA) is 58.8 Å². The van der Waals surface area contributed by atoms with E-state index in [2.05, 4.69) is 0 Å². The summed E-state index contributed by atoms with van der Waals surface area (Å²) in [6, 6.07) is 14.0. The van der Waals surface area contributed by atoms with Gasteiger partial charge in [0.2, 0.25) is 5.91 Å². The van der Waals surface area contributed by atoms with E-state index in [9.17, 15) is 13.6 Å². The second-order valence-electron chi connectivity index (χ2n) is 8.22. The average molecular weight is 571 g/mol. The van der Waals surface area contributed by atoms with Gasteiger partial charge < -0.3 is 10.5 Å². The van der Waals surface area contributed by atoms with Gasteiger partial charge in [-0.2, -0.15) is 0 Å². The first kappa shape index (κ1) is 27.0. The molecule has 1 aliphatic rings. The molecule has 1 saturated heterocycles. The Hall–Kier alpha value is -2.01. The highest BCUT2D eigenvalue weighted by atomic mass is 35.5. The summed E-state index contributed by atoms with van der Waals surface area (Å²) in [6.45, 7) is 3.35. The van der Waals surface area contributed by atoms with E-state index in [0.29, 0.717) is 46.1 Å². The van der Waals surface area contributed by atoms with E-state index < -0.39 is 29.3 Å². The molecule has 190 valence electrons. The van der Waals surface area contributed by atoms with Crippen molar-refractivity contribution in [3.05, 3.63) is 87.4 Å². The number of ether oxygens (including phenoxy) is 1. The van der Waals surface area contributed by atoms with Crippen LogP contribution in [0.4, 0.5) is 8.78 Å². The van der Waals surface area contributed by atoms with Crippen molar-refractivity contribution in [2.75, 3.05) is 19.6 Å². The molecular formula is C25H23Cl2F2N3O2S2. The molecular weight excluding hydrogens is 547 g/mol. The Labute approximate surface area is 227 Å². The Morgan fingerprint density at radius 3 is 2.31 bits per heavy atom. The molecule has 2 N–H and O–H groups in total. The highest BCUT2D eigenvalue weighted by Gasteiger charge is 2.32. The van der Waals surface area contributed by atoms with E-state index in [4.69, 9.17) is 33.7 Å². The lowest BCUT2D eigenvalue weighted by molar-refractivity contribution is -0.122. The molecule has 0 aliphatic carbocycles. The second kappa shape index (κ2) is 12.0. The van der Waals surface area contributed by atoms with Crippen LogP contribution in [0.1, 0.15) is 11.1 Å². The molecule has 3 aromatic rings. The van der Waals surface area contributed by atoms with Crippen molar-refractivity contribution in [1.29, 1.82) is 0 Å². The van der Waals surface area contributed by atoms with Gasteiger partial charge in [-0.05, 0) is 66.9 Å². The van der Waals surface area contributed by atoms with E-state index in [-0.39, 0.29) is 0 Å². The van der Waals surface area contributed by atoms with E-state index >= 15 is 0 Å². The monoisotopic (exact) mass is 569 g/mol. The molecule has 0 radical (unpaired) electrons. The first-order valence-corrected chi connectivity index (χ1v) is 13.5. The van der Waals surface area contributed by atoms with Crippen LogP contribution in [-0.2, 0) is 10.5 Å². The van der Waals surface area contributed by atoms with Gasteiger partial charge in [0.1, 0.15) is 11.8 Å². The van der Waals surface area contributed by atoms with Crippen molar-refractivity contribution < 1.29 is 18.3 Å². The first-order chi connectivity index (χ1) is 17.2. The third-order valence-electron chi connectivity index (χ3n) is 5.39. The highest BCUT2D eigenvalue weighted by molar-refractivity contribution is 7.97. The minimum atomic E-state index is -0.830. The molecule has 11 heteroatoms. The summed E-state index contributed by atoms with van der Waals surface area (Å²) >= 11 is 14.8. The summed E-state index contributed by atoms with van der Waals surface area (Å²) in [5, 5.41) is 1.12. The van der Waals surface area contributed by atoms with Crippen LogP contribution in [0.5, 0.6) is 11.5 Å². The summed E-state index contributed by atoms with van der Waals surface area (Å²) < 4.78 is 38.7. The highest BCUT2D eigenvalue weighted by Crippen LogP contribution is 2.35. The minimum absolute atomic E-state index is 0.308. The molecule has 0 unspecified atom stereocenters. The predicted molar refractivity (Wildman–Crippen MR) is 142 cm³/mol. The van der Waals surface area contributed by atoms with Crippen LogP contribution in [0.15, 0.2) is 59.5 Å². The molecule has 3 aromatic carbocycles. The Morgan fingerprint density at radius 1 is 1.06 bits per heavy atom. The Morgan fingerprint density at radius 2 is 1.69 bits per heavy atom. The third-order valence-corrected chi connectivity index (χ3v) is 8.11. The van der Waals surface area contributed by atoms with Crippen LogP contribution in [0.3, 0.4) is 0 Å². The van der Waals surface area contributed by atoms with E-state index in [1.54, 1.807) is 46.6 Å². The third kappa shape index (κ3) is 7.06. The maximum atomic E-state index is 14.7. The molecule has 4 rings (SSSR count). The van der Waals surface area contributed by atoms with Gasteiger partial charge in [0.25, 0.3) is 0 Å². The van der Waals surface area contributed by atoms with Crippen molar-refractivity contribution in [2.45, 2.75) is 23.6 Å². The van der Waals surface area contributed by atoms with Gasteiger partial charge in [0.05, 0.1) is 0 Å². The maximum Gasteiger partial charge on any atom is 0.237 e. The number of carbonyl (C=O) groups excluding carboxylic acids is 1. The van der Waals surface area contributed by atoms with Crippen LogP contribution in [-0.4, -0.2) is 40.2 Å². The number of amides is 1. The predicted octanol–water partition coefficient (Wildman–Crippen LogP) is 6.70. The smallest absolute Gasteiger partial charge is 0.237 e. The molecule has 5 nitrogen and oxygen atoms in total. The summed E-state index contributed by atoms with van der Waals surface area (Å²) in [5.74, 6) is -1.69. The van der Waals surface area contributed by atoms with Crippen molar-refractivity contribution in [2.24, 2.45) is 5.73 Å². The fraction of sp³-hybridized carbons (Fsp3) is 0.240. The second-order valence-corrected chi connectivity index (χ2v) is 11.3. The molecule has 0 saturated carbocycles. The number of rotatable bonds is 8. The minimum Gasteiger partial charge on any atom is -0.451 e. The maximum absolute atomic E-state index is 14.7. The first-order valence-electron chi connectivity index (χ1n) is 11.0. The number of carbonyl (C=O) groups is 1. The molecule has 1 atom stereocenters. The normalized spacial score (nSPS) is 16.8. The van der Waals surface area contributed by atoms with Crippen molar-refractivity contribution in [3.63, 3.8) is 0 Å². The fourth-order valence-electron chi connectivity index (χ4n) is 3.61. The number of piperazine rings is 1. The van der Waals surface area contributed by atoms with E-state index in [0.717, 1.165) is 23.1 Å². The zero-order valence-corrected chi connectivity index (χ0v) is 22.4. The average Bonchev–Trinajstić information content (AvgIpc) is 2.81. The largest absolute Gasteiger partial charge is 0.451 e. The lowest BCUT2D eigenvalue weighted by atomic mass is 10.2. The molecule has 1 fully saturated rings. The lowest BCUT2D eigenvalue weighted by Gasteiger charge is -2.38. The Balaban J connectivity index is 1.40. The van der Waals surface area contributed by atoms with Crippen LogP contribution in [0.2, 0.25) is 10.0 Å². The van der Waals surface area contributed by atoms with E-state index in [1.165, 1.54) is 12.1 Å². The molecule has 0 spiro atoms. The fourth-order valence-corrected chi connectivity index (χ4v) is 6.19. The summed E-state index contributed by atoms with van der Waals surface area (Å²) in [5.41, 5.74) is 7.64. The van der Waals surface area contributed by atoms with Crippen LogP contribution >= 0.6 is 47.1 Å². The molecule has 1 amide bonds. The van der Waals surface area contributed by atoms with Crippen molar-refractivity contribution in [3.8, 4) is 11.5 Å². The van der Waals surface area contributed by atoms with Crippen LogP contribution < -0.4 is 10.5 Å². The van der Waals surface area contributed by atoms with Gasteiger partial charge in [-0.15, -0.1) is 0 Å². The number of hydrogen-bond donors (Lipinski definition) is 1. The van der Waals surface area contributed by atoms with Gasteiger partial charge in [-0.25, -0.2) is 17.4 Å². The molecule has 0 aromatic heterocycles. The van der Waals surface area contributed by atoms with Gasteiger partial charge in [-0.3, -0.25) is 4.79 Å². The molecule has 0 bridgehead atoms. The Bertz CT molecular complexity index is 1210.